The third kappa shape index (κ3) is 14.5. The maximum Gasteiger partial charge on any atom is 0.490 e. The summed E-state index contributed by atoms with van der Waals surface area (Å²) in [5.41, 5.74) is 19.8. The number of hydrogen-bond donors (Lipinski definition) is 15. The number of aryl methyl sites for hydroxylation is 1. The van der Waals surface area contributed by atoms with E-state index in [1.807, 2.05) is 0 Å². The molecule has 0 aromatic carbocycles. The van der Waals surface area contributed by atoms with Crippen LogP contribution in [0.2, 0.25) is 0 Å². The Morgan fingerprint density at radius 1 is 0.525 bits per heavy atom. The molecule has 4 aliphatic heterocycles. The lowest BCUT2D eigenvalue weighted by molar-refractivity contribution is -0.646. The van der Waals surface area contributed by atoms with E-state index >= 15 is 0 Å². The summed E-state index contributed by atoms with van der Waals surface area (Å²) in [5, 5.41) is 45.1. The number of H-pyrrole nitrogens is 3. The number of aliphatic hydroxyl groups is 4. The molecule has 21 atom stereocenters. The first-order valence-corrected chi connectivity index (χ1v) is 36.6. The Labute approximate surface area is 552 Å². The number of aromatic nitrogens is 16. The van der Waals surface area contributed by atoms with Crippen LogP contribution >= 0.6 is 38.0 Å². The number of anilines is 4. The summed E-state index contributed by atoms with van der Waals surface area (Å²) in [6.07, 6.45) is -22.3. The average molecular weight is 1520 g/mol. The number of aromatic amines is 3. The van der Waals surface area contributed by atoms with Crippen molar-refractivity contribution >= 4 is 118 Å². The number of aliphatic hydroxyl groups excluding tert-OH is 4. The van der Waals surface area contributed by atoms with E-state index in [0.29, 0.717) is 0 Å². The van der Waals surface area contributed by atoms with Gasteiger partial charge in [-0.05, 0) is 0 Å². The summed E-state index contributed by atoms with van der Waals surface area (Å²) in [7, 11) is -20.1. The average Bonchev–Trinajstić information content (AvgIpc) is 1.62. The van der Waals surface area contributed by atoms with E-state index in [-0.39, 0.29) is 62.4 Å². The molecule has 4 aliphatic rings. The Bertz CT molecular complexity index is 4850. The zero-order valence-electron chi connectivity index (χ0n) is 50.3. The van der Waals surface area contributed by atoms with Gasteiger partial charge in [-0.15, -0.1) is 0 Å². The van der Waals surface area contributed by atoms with Gasteiger partial charge in [0.2, 0.25) is 30.4 Å². The van der Waals surface area contributed by atoms with E-state index in [9.17, 15) is 77.5 Å². The molecule has 12 rings (SSSR count). The summed E-state index contributed by atoms with van der Waals surface area (Å²) in [6, 6.07) is 0. The molecule has 0 spiro atoms. The van der Waals surface area contributed by atoms with E-state index in [4.69, 9.17) is 90.3 Å². The molecule has 0 saturated carbocycles. The number of methoxy groups -OCH3 is 2. The second-order valence-corrected chi connectivity index (χ2v) is 30.6. The summed E-state index contributed by atoms with van der Waals surface area (Å²) in [4.78, 5) is 135. The molecule has 21 unspecified atom stereocenters. The van der Waals surface area contributed by atoms with Crippen molar-refractivity contribution in [1.82, 2.24) is 73.1 Å². The second kappa shape index (κ2) is 27.3. The zero-order chi connectivity index (χ0) is 71.3. The molecule has 12 heterocycles. The van der Waals surface area contributed by atoms with Crippen LogP contribution in [-0.4, -0.2) is 227 Å². The predicted molar refractivity (Wildman–Crippen MR) is 321 cm³/mol. The lowest BCUT2D eigenvalue weighted by Gasteiger charge is -2.35. The molecule has 19 N–H and O–H groups in total. The van der Waals surface area contributed by atoms with E-state index in [2.05, 4.69) is 63.4 Å². The second-order valence-electron chi connectivity index (χ2n) is 21.8. The van der Waals surface area contributed by atoms with Crippen LogP contribution < -0.4 is 49.1 Å². The van der Waals surface area contributed by atoms with Gasteiger partial charge in [-0.25, -0.2) is 47.7 Å². The summed E-state index contributed by atoms with van der Waals surface area (Å²) in [5.74, 6) is -1.21. The van der Waals surface area contributed by atoms with Gasteiger partial charge in [0.05, 0.1) is 52.5 Å². The topological polar surface area (TPSA) is 712 Å². The quantitative estimate of drug-likeness (QED) is 0.0177. The highest BCUT2D eigenvalue weighted by atomic mass is 32.5. The SMILES string of the molecule is COC1C(COP(=O)(O)OP(=O)(O)OP(=O)(O)OCC2OC(n3cnc4c(N)ncnc43)C(OC)C2OP([O-])(=S)OCC2OC(n3cnc4c(=O)[nH]c(N)nc43)C(O)C2OP(=O)(O)OCC2OC(n3cnc4c(=O)[nH]c(N)nc43)C(O)C2O)OC(n2c[n+](C)c3c(=O)[nH]c(N)nc32)C1O. The number of phosphoric acid groups is 4. The number of nitrogens with two attached hydrogens (primary N) is 4. The van der Waals surface area contributed by atoms with E-state index in [1.165, 1.54) is 27.1 Å². The van der Waals surface area contributed by atoms with Gasteiger partial charge in [0.15, 0.2) is 52.5 Å². The maximum absolute atomic E-state index is 14.6. The van der Waals surface area contributed by atoms with E-state index < -0.39 is 185 Å². The number of fused-ring (bicyclic) bond motifs is 4. The first kappa shape index (κ1) is 72.2. The number of rotatable bonds is 26. The van der Waals surface area contributed by atoms with Crippen LogP contribution in [0.5, 0.6) is 0 Å². The fourth-order valence-corrected chi connectivity index (χ4v) is 17.2. The minimum absolute atomic E-state index is 0.00223. The van der Waals surface area contributed by atoms with Crippen molar-refractivity contribution in [2.45, 2.75) is 98.2 Å². The summed E-state index contributed by atoms with van der Waals surface area (Å²) in [6.45, 7) is -9.77. The lowest BCUT2D eigenvalue weighted by atomic mass is 10.1. The number of hydrogen-bond acceptors (Lipinski definition) is 39. The number of nitrogens with zero attached hydrogens (tertiary/aromatic N) is 13. The molecule has 8 aromatic heterocycles. The molecule has 8 aromatic rings. The largest absolute Gasteiger partial charge is 0.780 e. The highest BCUT2D eigenvalue weighted by molar-refractivity contribution is 8.06. The first-order chi connectivity index (χ1) is 46.6. The highest BCUT2D eigenvalue weighted by Gasteiger charge is 2.55. The van der Waals surface area contributed by atoms with Crippen LogP contribution in [0.1, 0.15) is 24.9 Å². The summed E-state index contributed by atoms with van der Waals surface area (Å²) >= 11 is 5.31. The monoisotopic (exact) mass is 1520 g/mol. The standard InChI is InChI=1S/C43H57N20O30P5S/c1-59-12-63(33-20(59)36(70)58-43(47)55-33)39-23(66)25(80-2)14(87-39)5-83-95(73,74)92-97(77,78)93-96(75,76)84-6-16-27(28(81-3)40(89-16)60-9-50-17-29(44)48-8-49-30(17)60)91-98(79,99)85-7-15-26(24(67)38(88-15)62-11-52-19-32(62)54-42(46)57-35(19)69)90-94(71,72)82-4-13-21(64)22(65)37(86-13)61-10-51-18-31(61)53-41(45)56-34(18)68/h8-16,21-28,37-40,64-67H,4-7H2,1-3H3,(H15-,44,45,46,47,48,49,53,54,55,56,57,58,68,69,70,71,72,73,74,75,76,77,78,79,99). The molecule has 0 amide bonds. The highest BCUT2D eigenvalue weighted by Crippen LogP contribution is 2.68. The Balaban J connectivity index is 0.742. The molecule has 540 valence electrons. The molecular weight excluding hydrogens is 1460 g/mol. The Kier molecular flexibility index (Phi) is 19.9. The van der Waals surface area contributed by atoms with Gasteiger partial charge in [-0.3, -0.25) is 61.1 Å². The van der Waals surface area contributed by atoms with Crippen molar-refractivity contribution in [3.8, 4) is 0 Å². The van der Waals surface area contributed by atoms with Crippen LogP contribution in [0.4, 0.5) is 23.7 Å². The van der Waals surface area contributed by atoms with Crippen LogP contribution in [0, 0.1) is 0 Å². The Morgan fingerprint density at radius 2 is 0.970 bits per heavy atom. The van der Waals surface area contributed by atoms with E-state index in [1.54, 1.807) is 0 Å². The molecule has 50 nitrogen and oxygen atoms in total. The Morgan fingerprint density at radius 3 is 1.55 bits per heavy atom. The molecule has 0 bridgehead atoms. The normalized spacial score (nSPS) is 30.5. The molecular formula is C43H57N20O30P5S. The first-order valence-electron chi connectivity index (χ1n) is 28.1. The zero-order valence-corrected chi connectivity index (χ0v) is 55.6. The maximum atomic E-state index is 14.6. The van der Waals surface area contributed by atoms with Crippen molar-refractivity contribution in [3.63, 3.8) is 0 Å². The van der Waals surface area contributed by atoms with Crippen molar-refractivity contribution in [1.29, 1.82) is 0 Å². The third-order valence-electron chi connectivity index (χ3n) is 15.5. The molecule has 56 heteroatoms. The fraction of sp³-hybridized carbons (Fsp3) is 0.535. The van der Waals surface area contributed by atoms with Crippen LogP contribution in [0.15, 0.2) is 46.0 Å². The van der Waals surface area contributed by atoms with Crippen LogP contribution in [0.3, 0.4) is 0 Å². The van der Waals surface area contributed by atoms with E-state index in [0.717, 1.165) is 48.7 Å². The number of imidazole rings is 4. The van der Waals surface area contributed by atoms with Crippen molar-refractivity contribution in [3.05, 3.63) is 62.7 Å². The van der Waals surface area contributed by atoms with Gasteiger partial charge in [0, 0.05) is 14.2 Å². The Hall–Kier alpha value is -6.55. The summed E-state index contributed by atoms with van der Waals surface area (Å²) < 4.78 is 135. The van der Waals surface area contributed by atoms with Crippen molar-refractivity contribution in [2.75, 3.05) is 63.6 Å². The lowest BCUT2D eigenvalue weighted by Crippen LogP contribution is -2.39. The fourth-order valence-electron chi connectivity index (χ4n) is 11.3. The molecule has 4 fully saturated rings. The van der Waals surface area contributed by atoms with Gasteiger partial charge in [0.25, 0.3) is 22.3 Å². The van der Waals surface area contributed by atoms with Gasteiger partial charge >= 0.3 is 36.9 Å². The smallest absolute Gasteiger partial charge is 0.490 e. The minimum Gasteiger partial charge on any atom is -0.780 e. The number of nitrogens with one attached hydrogen (secondary N) is 3. The van der Waals surface area contributed by atoms with Gasteiger partial charge in [-0.2, -0.15) is 28.1 Å². The van der Waals surface area contributed by atoms with Crippen LogP contribution in [-0.2, 0) is 101 Å². The minimum atomic E-state index is -6.28. The third-order valence-corrected chi connectivity index (χ3v) is 22.3. The predicted octanol–water partition coefficient (Wildman–Crippen LogP) is -6.10. The van der Waals surface area contributed by atoms with Crippen molar-refractivity contribution < 1.29 is 132 Å². The molecule has 0 radical (unpaired) electrons. The number of nitrogen functional groups attached to an aromatic ring is 4. The van der Waals surface area contributed by atoms with Gasteiger partial charge < -0.3 is 105 Å². The van der Waals surface area contributed by atoms with Gasteiger partial charge in [0.1, 0.15) is 91.8 Å². The van der Waals surface area contributed by atoms with Gasteiger partial charge in [-0.1, -0.05) is 11.8 Å². The molecule has 0 aliphatic carbocycles. The van der Waals surface area contributed by atoms with Crippen LogP contribution in [0.25, 0.3) is 44.7 Å². The number of ether oxygens (including phenoxy) is 6. The molecule has 99 heavy (non-hydrogen) atoms. The number of phosphoric ester groups is 3. The molecule has 4 saturated heterocycles. The van der Waals surface area contributed by atoms with Crippen molar-refractivity contribution in [2.24, 2.45) is 7.05 Å².